The average molecular weight is 282 g/mol. The Kier molecular flexibility index (Phi) is 3.62. The number of nitrogens with zero attached hydrogens (tertiary/aromatic N) is 2. The molecule has 5 nitrogen and oxygen atoms in total. The van der Waals surface area contributed by atoms with Gasteiger partial charge in [-0.25, -0.2) is 9.78 Å². The maximum absolute atomic E-state index is 12.3. The molecule has 19 heavy (non-hydrogen) atoms. The quantitative estimate of drug-likeness (QED) is 0.902. The number of thiazole rings is 1. The molecule has 1 aliphatic rings. The van der Waals surface area contributed by atoms with Gasteiger partial charge >= 0.3 is 5.97 Å². The van der Waals surface area contributed by atoms with Gasteiger partial charge in [0.15, 0.2) is 0 Å². The first kappa shape index (κ1) is 14.0. The van der Waals surface area contributed by atoms with Gasteiger partial charge in [-0.3, -0.25) is 4.79 Å². The minimum atomic E-state index is -0.925. The van der Waals surface area contributed by atoms with Crippen LogP contribution in [0.15, 0.2) is 6.20 Å². The van der Waals surface area contributed by atoms with E-state index in [0.717, 1.165) is 11.4 Å². The van der Waals surface area contributed by atoms with Crippen molar-refractivity contribution in [1.29, 1.82) is 0 Å². The van der Waals surface area contributed by atoms with Gasteiger partial charge in [-0.2, -0.15) is 0 Å². The number of carbonyl (C=O) groups excluding carboxylic acids is 1. The minimum Gasteiger partial charge on any atom is -0.480 e. The lowest BCUT2D eigenvalue weighted by Gasteiger charge is -2.20. The number of hydrogen-bond acceptors (Lipinski definition) is 4. The summed E-state index contributed by atoms with van der Waals surface area (Å²) in [6.45, 7) is 6.63. The lowest BCUT2D eigenvalue weighted by atomic mass is 9.98. The van der Waals surface area contributed by atoms with Crippen LogP contribution in [0.3, 0.4) is 0 Å². The Labute approximate surface area is 116 Å². The van der Waals surface area contributed by atoms with Crippen molar-refractivity contribution in [1.82, 2.24) is 9.88 Å². The zero-order valence-electron chi connectivity index (χ0n) is 11.3. The van der Waals surface area contributed by atoms with Crippen molar-refractivity contribution in [2.45, 2.75) is 45.1 Å². The molecular weight excluding hydrogens is 264 g/mol. The molecule has 1 saturated heterocycles. The van der Waals surface area contributed by atoms with Crippen molar-refractivity contribution < 1.29 is 14.7 Å². The fourth-order valence-electron chi connectivity index (χ4n) is 2.13. The first-order valence-electron chi connectivity index (χ1n) is 6.31. The zero-order valence-corrected chi connectivity index (χ0v) is 12.2. The fraction of sp³-hybridized carbons (Fsp3) is 0.615. The van der Waals surface area contributed by atoms with Gasteiger partial charge < -0.3 is 10.0 Å². The van der Waals surface area contributed by atoms with Crippen molar-refractivity contribution in [3.05, 3.63) is 16.1 Å². The predicted octanol–water partition coefficient (Wildman–Crippen LogP) is 2.13. The Hall–Kier alpha value is -1.43. The first-order valence-corrected chi connectivity index (χ1v) is 7.12. The van der Waals surface area contributed by atoms with E-state index < -0.39 is 12.0 Å². The number of hydrogen-bond donors (Lipinski definition) is 1. The number of likely N-dealkylation sites (tertiary alicyclic amines) is 1. The molecule has 2 rings (SSSR count). The number of rotatable bonds is 2. The Bertz CT molecular complexity index is 504. The van der Waals surface area contributed by atoms with Crippen molar-refractivity contribution in [3.63, 3.8) is 0 Å². The number of aromatic nitrogens is 1. The minimum absolute atomic E-state index is 0.0968. The molecule has 1 amide bonds. The monoisotopic (exact) mass is 282 g/mol. The van der Waals surface area contributed by atoms with Crippen LogP contribution in [0.1, 0.15) is 48.3 Å². The number of carboxylic acid groups (broad SMARTS) is 1. The Morgan fingerprint density at radius 1 is 1.47 bits per heavy atom. The molecule has 0 saturated carbocycles. The van der Waals surface area contributed by atoms with E-state index in [1.807, 2.05) is 20.8 Å². The van der Waals surface area contributed by atoms with Gasteiger partial charge in [-0.15, -0.1) is 11.3 Å². The lowest BCUT2D eigenvalue weighted by Crippen LogP contribution is -2.40. The molecule has 1 N–H and O–H groups in total. The standard InChI is InChI=1S/C13H18N2O3S/c1-13(2,3)12-14-7-9(19-12)10(16)15-6-4-5-8(15)11(17)18/h7-8H,4-6H2,1-3H3,(H,17,18)/t8-/m0/s1. The van der Waals surface area contributed by atoms with E-state index >= 15 is 0 Å². The second-order valence-corrected chi connectivity index (χ2v) is 6.81. The molecule has 6 heteroatoms. The first-order chi connectivity index (χ1) is 8.80. The molecule has 2 heterocycles. The number of carbonyl (C=O) groups is 2. The summed E-state index contributed by atoms with van der Waals surface area (Å²) in [4.78, 5) is 29.7. The van der Waals surface area contributed by atoms with Gasteiger partial charge in [0.2, 0.25) is 0 Å². The third-order valence-electron chi connectivity index (χ3n) is 3.16. The zero-order chi connectivity index (χ0) is 14.2. The van der Waals surface area contributed by atoms with Crippen molar-refractivity contribution in [2.24, 2.45) is 0 Å². The van der Waals surface area contributed by atoms with E-state index in [1.165, 1.54) is 16.2 Å². The van der Waals surface area contributed by atoms with E-state index in [1.54, 1.807) is 6.20 Å². The average Bonchev–Trinajstić information content (AvgIpc) is 2.96. The molecule has 0 radical (unpaired) electrons. The molecule has 1 aromatic rings. The van der Waals surface area contributed by atoms with Crippen LogP contribution in [0.2, 0.25) is 0 Å². The summed E-state index contributed by atoms with van der Waals surface area (Å²) in [7, 11) is 0. The topological polar surface area (TPSA) is 70.5 Å². The molecule has 0 aromatic carbocycles. The Balaban J connectivity index is 2.20. The summed E-state index contributed by atoms with van der Waals surface area (Å²) in [6, 6.07) is -0.687. The summed E-state index contributed by atoms with van der Waals surface area (Å²) in [6.07, 6.45) is 2.84. The molecule has 1 aliphatic heterocycles. The van der Waals surface area contributed by atoms with Gasteiger partial charge in [-0.1, -0.05) is 20.8 Å². The summed E-state index contributed by atoms with van der Waals surface area (Å²) in [5.74, 6) is -1.13. The van der Waals surface area contributed by atoms with E-state index in [9.17, 15) is 9.59 Å². The summed E-state index contributed by atoms with van der Waals surface area (Å²) in [5.41, 5.74) is -0.0968. The van der Waals surface area contributed by atoms with Crippen LogP contribution in [0.4, 0.5) is 0 Å². The molecule has 0 bridgehead atoms. The molecular formula is C13H18N2O3S. The van der Waals surface area contributed by atoms with Crippen LogP contribution < -0.4 is 0 Å². The Morgan fingerprint density at radius 3 is 2.68 bits per heavy atom. The molecule has 1 fully saturated rings. The van der Waals surface area contributed by atoms with Crippen molar-refractivity contribution >= 4 is 23.2 Å². The molecule has 0 spiro atoms. The normalized spacial score (nSPS) is 19.7. The second kappa shape index (κ2) is 4.92. The number of carboxylic acids is 1. The summed E-state index contributed by atoms with van der Waals surface area (Å²) < 4.78 is 0. The van der Waals surface area contributed by atoms with E-state index in [0.29, 0.717) is 17.8 Å². The largest absolute Gasteiger partial charge is 0.480 e. The van der Waals surface area contributed by atoms with E-state index in [-0.39, 0.29) is 11.3 Å². The van der Waals surface area contributed by atoms with E-state index in [2.05, 4.69) is 4.98 Å². The molecule has 1 atom stereocenters. The van der Waals surface area contributed by atoms with Gasteiger partial charge in [0.25, 0.3) is 5.91 Å². The molecule has 104 valence electrons. The smallest absolute Gasteiger partial charge is 0.326 e. The number of aliphatic carboxylic acids is 1. The lowest BCUT2D eigenvalue weighted by molar-refractivity contribution is -0.141. The highest BCUT2D eigenvalue weighted by molar-refractivity contribution is 7.13. The van der Waals surface area contributed by atoms with Gasteiger partial charge in [0.1, 0.15) is 10.9 Å². The van der Waals surface area contributed by atoms with Crippen LogP contribution in [0.5, 0.6) is 0 Å². The van der Waals surface area contributed by atoms with Crippen LogP contribution >= 0.6 is 11.3 Å². The maximum Gasteiger partial charge on any atom is 0.326 e. The van der Waals surface area contributed by atoms with Gasteiger partial charge in [-0.05, 0) is 12.8 Å². The highest BCUT2D eigenvalue weighted by Crippen LogP contribution is 2.29. The Morgan fingerprint density at radius 2 is 2.16 bits per heavy atom. The molecule has 0 unspecified atom stereocenters. The van der Waals surface area contributed by atoms with Crippen LogP contribution in [0.25, 0.3) is 0 Å². The predicted molar refractivity (Wildman–Crippen MR) is 72.5 cm³/mol. The van der Waals surface area contributed by atoms with Crippen LogP contribution in [0, 0.1) is 0 Å². The SMILES string of the molecule is CC(C)(C)c1ncc(C(=O)N2CCC[C@H]2C(=O)O)s1. The summed E-state index contributed by atoms with van der Waals surface area (Å²) in [5, 5.41) is 10.00. The fourth-order valence-corrected chi connectivity index (χ4v) is 3.06. The number of amides is 1. The third-order valence-corrected chi connectivity index (χ3v) is 4.57. The van der Waals surface area contributed by atoms with Crippen molar-refractivity contribution in [2.75, 3.05) is 6.54 Å². The van der Waals surface area contributed by atoms with Crippen molar-refractivity contribution in [3.8, 4) is 0 Å². The van der Waals surface area contributed by atoms with Gasteiger partial charge in [0, 0.05) is 12.0 Å². The second-order valence-electron chi connectivity index (χ2n) is 5.77. The van der Waals surface area contributed by atoms with E-state index in [4.69, 9.17) is 5.11 Å². The molecule has 0 aliphatic carbocycles. The van der Waals surface area contributed by atoms with Crippen LogP contribution in [-0.2, 0) is 10.2 Å². The highest BCUT2D eigenvalue weighted by atomic mass is 32.1. The summed E-state index contributed by atoms with van der Waals surface area (Å²) >= 11 is 1.35. The van der Waals surface area contributed by atoms with Crippen LogP contribution in [-0.4, -0.2) is 39.5 Å². The molecule has 1 aromatic heterocycles. The highest BCUT2D eigenvalue weighted by Gasteiger charge is 2.35. The maximum atomic E-state index is 12.3. The van der Waals surface area contributed by atoms with Gasteiger partial charge in [0.05, 0.1) is 11.2 Å². The third kappa shape index (κ3) is 2.78.